The molecule has 0 saturated heterocycles. The summed E-state index contributed by atoms with van der Waals surface area (Å²) in [5.74, 6) is 0.948. The minimum Gasteiger partial charge on any atom is -0.493 e. The second-order valence-corrected chi connectivity index (χ2v) is 9.77. The van der Waals surface area contributed by atoms with Crippen LogP contribution in [-0.4, -0.2) is 16.8 Å². The van der Waals surface area contributed by atoms with Gasteiger partial charge in [0.25, 0.3) is 0 Å². The monoisotopic (exact) mass is 464 g/mol. The largest absolute Gasteiger partial charge is 0.493 e. The van der Waals surface area contributed by atoms with Gasteiger partial charge in [0.1, 0.15) is 16.3 Å². The van der Waals surface area contributed by atoms with Crippen LogP contribution < -0.4 is 4.74 Å². The van der Waals surface area contributed by atoms with Crippen LogP contribution in [0.3, 0.4) is 0 Å². The molecule has 3 aromatic rings. The number of aryl methyl sites for hydroxylation is 1. The number of nitrogens with zero attached hydrogens (tertiary/aromatic N) is 2. The first-order valence-corrected chi connectivity index (χ1v) is 13.8. The summed E-state index contributed by atoms with van der Waals surface area (Å²) in [5.41, 5.74) is 6.65. The lowest BCUT2D eigenvalue weighted by Gasteiger charge is -2.14. The van der Waals surface area contributed by atoms with Crippen molar-refractivity contribution in [3.05, 3.63) is 53.5 Å². The van der Waals surface area contributed by atoms with Crippen LogP contribution in [0.25, 0.3) is 21.7 Å². The van der Waals surface area contributed by atoms with Crippen molar-refractivity contribution in [3.63, 3.8) is 0 Å². The summed E-state index contributed by atoms with van der Waals surface area (Å²) in [6.45, 7) is 5.29. The minimum atomic E-state index is 0.758. The van der Waals surface area contributed by atoms with E-state index in [4.69, 9.17) is 4.74 Å². The summed E-state index contributed by atoms with van der Waals surface area (Å²) >= 11 is 1.56. The molecule has 0 fully saturated rings. The molecule has 3 rings (SSSR count). The predicted octanol–water partition coefficient (Wildman–Crippen LogP) is 9.12. The molecule has 0 aliphatic heterocycles. The molecule has 2 aromatic carbocycles. The van der Waals surface area contributed by atoms with Crippen LogP contribution >= 0.6 is 11.3 Å². The van der Waals surface area contributed by atoms with E-state index in [1.807, 2.05) is 0 Å². The van der Waals surface area contributed by atoms with Crippen molar-refractivity contribution in [3.8, 4) is 27.4 Å². The fourth-order valence-electron chi connectivity index (χ4n) is 4.16. The Hall–Kier alpha value is -2.20. The summed E-state index contributed by atoms with van der Waals surface area (Å²) in [7, 11) is 0. The van der Waals surface area contributed by atoms with Crippen LogP contribution in [0.2, 0.25) is 0 Å². The fraction of sp³-hybridized carbons (Fsp3) is 0.517. The smallest absolute Gasteiger partial charge is 0.147 e. The zero-order valence-corrected chi connectivity index (χ0v) is 21.3. The van der Waals surface area contributed by atoms with Crippen molar-refractivity contribution in [2.24, 2.45) is 0 Å². The third-order valence-corrected chi connectivity index (χ3v) is 6.92. The van der Waals surface area contributed by atoms with Crippen molar-refractivity contribution >= 4 is 11.3 Å². The minimum absolute atomic E-state index is 0.758. The summed E-state index contributed by atoms with van der Waals surface area (Å²) in [6, 6.07) is 15.5. The number of hydrogen-bond donors (Lipinski definition) is 0. The van der Waals surface area contributed by atoms with Gasteiger partial charge in [-0.1, -0.05) is 113 Å². The maximum Gasteiger partial charge on any atom is 0.147 e. The topological polar surface area (TPSA) is 35.0 Å². The number of rotatable bonds is 16. The molecule has 178 valence electrons. The van der Waals surface area contributed by atoms with Crippen molar-refractivity contribution in [2.45, 2.75) is 90.9 Å². The standard InChI is InChI=1S/C29H40N2OS/c1-3-5-7-9-11-13-21-32-28-22-26(29-31-30-23-33-29)19-20-27(28)25-17-15-24(16-18-25)14-12-10-8-6-4-2/h15-20,22-23H,3-14,21H2,1-2H3. The van der Waals surface area contributed by atoms with Gasteiger partial charge in [0, 0.05) is 11.1 Å². The van der Waals surface area contributed by atoms with Crippen molar-refractivity contribution in [1.29, 1.82) is 0 Å². The highest BCUT2D eigenvalue weighted by Crippen LogP contribution is 2.35. The molecule has 0 aliphatic rings. The molecule has 0 radical (unpaired) electrons. The summed E-state index contributed by atoms with van der Waals surface area (Å²) in [6.07, 6.45) is 15.4. The molecule has 0 saturated carbocycles. The zero-order chi connectivity index (χ0) is 23.1. The van der Waals surface area contributed by atoms with E-state index in [1.54, 1.807) is 16.8 Å². The van der Waals surface area contributed by atoms with E-state index in [0.29, 0.717) is 0 Å². The van der Waals surface area contributed by atoms with Crippen molar-refractivity contribution in [2.75, 3.05) is 6.61 Å². The Morgan fingerprint density at radius 1 is 0.727 bits per heavy atom. The van der Waals surface area contributed by atoms with E-state index < -0.39 is 0 Å². The molecule has 0 N–H and O–H groups in total. The highest BCUT2D eigenvalue weighted by Gasteiger charge is 2.11. The van der Waals surface area contributed by atoms with Gasteiger partial charge in [0.2, 0.25) is 0 Å². The summed E-state index contributed by atoms with van der Waals surface area (Å²) in [5, 5.41) is 9.17. The number of benzene rings is 2. The molecule has 4 heteroatoms. The maximum atomic E-state index is 6.33. The van der Waals surface area contributed by atoms with Crippen LogP contribution in [0.4, 0.5) is 0 Å². The fourth-order valence-corrected chi connectivity index (χ4v) is 4.71. The van der Waals surface area contributed by atoms with Crippen LogP contribution in [-0.2, 0) is 6.42 Å². The van der Waals surface area contributed by atoms with E-state index in [2.05, 4.69) is 66.5 Å². The van der Waals surface area contributed by atoms with Crippen LogP contribution in [0.15, 0.2) is 48.0 Å². The first-order valence-electron chi connectivity index (χ1n) is 12.9. The molecule has 0 amide bonds. The first-order chi connectivity index (χ1) is 16.3. The van der Waals surface area contributed by atoms with Gasteiger partial charge in [-0.3, -0.25) is 0 Å². The molecule has 0 aliphatic carbocycles. The third-order valence-electron chi connectivity index (χ3n) is 6.18. The first kappa shape index (κ1) is 25.4. The van der Waals surface area contributed by atoms with E-state index in [1.165, 1.54) is 81.8 Å². The lowest BCUT2D eigenvalue weighted by atomic mass is 9.99. The van der Waals surface area contributed by atoms with Crippen molar-refractivity contribution in [1.82, 2.24) is 10.2 Å². The predicted molar refractivity (Wildman–Crippen MR) is 142 cm³/mol. The molecule has 33 heavy (non-hydrogen) atoms. The average Bonchev–Trinajstić information content (AvgIpc) is 3.39. The van der Waals surface area contributed by atoms with Crippen LogP contribution in [0, 0.1) is 0 Å². The number of hydrogen-bond acceptors (Lipinski definition) is 4. The number of aromatic nitrogens is 2. The lowest BCUT2D eigenvalue weighted by Crippen LogP contribution is -1.99. The molecule has 0 spiro atoms. The molecule has 0 unspecified atom stereocenters. The van der Waals surface area contributed by atoms with E-state index >= 15 is 0 Å². The van der Waals surface area contributed by atoms with Gasteiger partial charge in [-0.25, -0.2) is 0 Å². The van der Waals surface area contributed by atoms with Gasteiger partial charge in [-0.15, -0.1) is 10.2 Å². The highest BCUT2D eigenvalue weighted by molar-refractivity contribution is 7.12. The van der Waals surface area contributed by atoms with E-state index in [9.17, 15) is 0 Å². The number of ether oxygens (including phenoxy) is 1. The molecule has 1 aromatic heterocycles. The Kier molecular flexibility index (Phi) is 11.4. The zero-order valence-electron chi connectivity index (χ0n) is 20.5. The molecule has 3 nitrogen and oxygen atoms in total. The molecule has 0 bridgehead atoms. The van der Waals surface area contributed by atoms with Gasteiger partial charge < -0.3 is 4.74 Å². The Labute approximate surface area is 204 Å². The van der Waals surface area contributed by atoms with Crippen LogP contribution in [0.1, 0.15) is 90.0 Å². The maximum absolute atomic E-state index is 6.33. The summed E-state index contributed by atoms with van der Waals surface area (Å²) < 4.78 is 6.33. The molecule has 1 heterocycles. The van der Waals surface area contributed by atoms with Gasteiger partial charge in [-0.05, 0) is 42.5 Å². The Morgan fingerprint density at radius 3 is 2.09 bits per heavy atom. The van der Waals surface area contributed by atoms with E-state index in [0.717, 1.165) is 34.9 Å². The summed E-state index contributed by atoms with van der Waals surface area (Å²) in [4.78, 5) is 0. The van der Waals surface area contributed by atoms with Gasteiger partial charge in [0.15, 0.2) is 0 Å². The second-order valence-electron chi connectivity index (χ2n) is 8.93. The van der Waals surface area contributed by atoms with Gasteiger partial charge in [-0.2, -0.15) is 0 Å². The van der Waals surface area contributed by atoms with Gasteiger partial charge in [0.05, 0.1) is 6.61 Å². The SMILES string of the molecule is CCCCCCCCOc1cc(-c2nncs2)ccc1-c1ccc(CCCCCCC)cc1. The molecule has 0 atom stereocenters. The normalized spacial score (nSPS) is 11.1. The third kappa shape index (κ3) is 8.58. The highest BCUT2D eigenvalue weighted by atomic mass is 32.1. The quantitative estimate of drug-likeness (QED) is 0.198. The van der Waals surface area contributed by atoms with Crippen LogP contribution in [0.5, 0.6) is 5.75 Å². The van der Waals surface area contributed by atoms with Crippen molar-refractivity contribution < 1.29 is 4.74 Å². The lowest BCUT2D eigenvalue weighted by molar-refractivity contribution is 0.305. The Bertz CT molecular complexity index is 906. The number of unbranched alkanes of at least 4 members (excludes halogenated alkanes) is 9. The Balaban J connectivity index is 1.65. The van der Waals surface area contributed by atoms with Gasteiger partial charge >= 0.3 is 0 Å². The molecular weight excluding hydrogens is 424 g/mol. The Morgan fingerprint density at radius 2 is 1.39 bits per heavy atom. The molecular formula is C29H40N2OS. The van der Waals surface area contributed by atoms with E-state index in [-0.39, 0.29) is 0 Å². The average molecular weight is 465 g/mol. The second kappa shape index (κ2) is 14.8.